The third kappa shape index (κ3) is 4.19. The number of hydrogen-bond donors (Lipinski definition) is 2. The quantitative estimate of drug-likeness (QED) is 0.577. The van der Waals surface area contributed by atoms with Crippen molar-refractivity contribution in [3.05, 3.63) is 0 Å². The van der Waals surface area contributed by atoms with Gasteiger partial charge in [0.1, 0.15) is 0 Å². The summed E-state index contributed by atoms with van der Waals surface area (Å²) in [5.74, 6) is 2.10. The normalized spacial score (nSPS) is 28.2. The molecule has 0 aromatic heterocycles. The van der Waals surface area contributed by atoms with Crippen LogP contribution < -0.4 is 11.1 Å². The van der Waals surface area contributed by atoms with Crippen LogP contribution in [0, 0.1) is 11.8 Å². The smallest absolute Gasteiger partial charge is 0.188 e. The summed E-state index contributed by atoms with van der Waals surface area (Å²) in [6.45, 7) is 12.4. The molecule has 0 amide bonds. The van der Waals surface area contributed by atoms with E-state index in [1.807, 2.05) is 0 Å². The number of likely N-dealkylation sites (tertiary alicyclic amines) is 1. The van der Waals surface area contributed by atoms with Gasteiger partial charge in [-0.3, -0.25) is 9.89 Å². The summed E-state index contributed by atoms with van der Waals surface area (Å²) in [6.07, 6.45) is 1.35. The van der Waals surface area contributed by atoms with Gasteiger partial charge in [-0.1, -0.05) is 13.8 Å². The van der Waals surface area contributed by atoms with Crippen molar-refractivity contribution in [2.75, 3.05) is 26.7 Å². The van der Waals surface area contributed by atoms with Gasteiger partial charge in [0.15, 0.2) is 5.96 Å². The van der Waals surface area contributed by atoms with Crippen molar-refractivity contribution in [3.8, 4) is 0 Å². The minimum atomic E-state index is 0.123. The lowest BCUT2D eigenvalue weighted by atomic mass is 9.88. The molecule has 100 valence electrons. The third-order valence-electron chi connectivity index (χ3n) is 3.67. The minimum absolute atomic E-state index is 0.123. The van der Waals surface area contributed by atoms with Gasteiger partial charge >= 0.3 is 0 Å². The van der Waals surface area contributed by atoms with Gasteiger partial charge in [0.2, 0.25) is 0 Å². The number of hydrogen-bond acceptors (Lipinski definition) is 2. The van der Waals surface area contributed by atoms with E-state index in [0.29, 0.717) is 5.96 Å². The van der Waals surface area contributed by atoms with Gasteiger partial charge in [-0.05, 0) is 32.1 Å². The SMILES string of the molecule is CN=C(N)NCC(C)(C)N1CC(C)CC(C)C1. The first-order valence-corrected chi connectivity index (χ1v) is 6.56. The maximum atomic E-state index is 5.68. The first-order valence-electron chi connectivity index (χ1n) is 6.56. The zero-order chi connectivity index (χ0) is 13.1. The van der Waals surface area contributed by atoms with Gasteiger partial charge in [-0.2, -0.15) is 0 Å². The molecule has 1 saturated heterocycles. The fourth-order valence-corrected chi connectivity index (χ4v) is 2.65. The number of rotatable bonds is 3. The number of nitrogens with one attached hydrogen (secondary N) is 1. The summed E-state index contributed by atoms with van der Waals surface area (Å²) in [6, 6.07) is 0. The molecule has 1 heterocycles. The topological polar surface area (TPSA) is 53.6 Å². The number of piperidine rings is 1. The number of nitrogens with two attached hydrogens (primary N) is 1. The molecule has 17 heavy (non-hydrogen) atoms. The molecule has 1 fully saturated rings. The molecule has 2 unspecified atom stereocenters. The van der Waals surface area contributed by atoms with Gasteiger partial charge in [-0.25, -0.2) is 0 Å². The molecule has 0 radical (unpaired) electrons. The van der Waals surface area contributed by atoms with Crippen LogP contribution in [0.1, 0.15) is 34.1 Å². The molecule has 0 saturated carbocycles. The van der Waals surface area contributed by atoms with E-state index in [9.17, 15) is 0 Å². The number of nitrogens with zero attached hydrogens (tertiary/aromatic N) is 2. The third-order valence-corrected chi connectivity index (χ3v) is 3.67. The van der Waals surface area contributed by atoms with E-state index >= 15 is 0 Å². The summed E-state index contributed by atoms with van der Waals surface area (Å²) >= 11 is 0. The Bertz CT molecular complexity index is 263. The molecule has 4 heteroatoms. The summed E-state index contributed by atoms with van der Waals surface area (Å²) < 4.78 is 0. The highest BCUT2D eigenvalue weighted by Gasteiger charge is 2.32. The Morgan fingerprint density at radius 3 is 2.35 bits per heavy atom. The fraction of sp³-hybridized carbons (Fsp3) is 0.923. The van der Waals surface area contributed by atoms with Crippen LogP contribution in [0.4, 0.5) is 0 Å². The standard InChI is InChI=1S/C13H28N4/c1-10-6-11(2)8-17(7-10)13(3,4)9-16-12(14)15-5/h10-11H,6-9H2,1-5H3,(H3,14,15,16). The zero-order valence-corrected chi connectivity index (χ0v) is 12.0. The number of guanidine groups is 1. The van der Waals surface area contributed by atoms with Crippen LogP contribution in [-0.2, 0) is 0 Å². The van der Waals surface area contributed by atoms with Crippen molar-refractivity contribution < 1.29 is 0 Å². The Balaban J connectivity index is 2.56. The largest absolute Gasteiger partial charge is 0.370 e. The van der Waals surface area contributed by atoms with Crippen molar-refractivity contribution in [1.29, 1.82) is 0 Å². The van der Waals surface area contributed by atoms with Crippen LogP contribution in [0.3, 0.4) is 0 Å². The molecule has 2 atom stereocenters. The van der Waals surface area contributed by atoms with E-state index in [2.05, 4.69) is 42.9 Å². The second-order valence-electron chi connectivity index (χ2n) is 6.13. The highest BCUT2D eigenvalue weighted by Crippen LogP contribution is 2.26. The maximum Gasteiger partial charge on any atom is 0.188 e. The predicted octanol–water partition coefficient (Wildman–Crippen LogP) is 1.28. The molecular formula is C13H28N4. The summed E-state index contributed by atoms with van der Waals surface area (Å²) in [4.78, 5) is 6.50. The summed E-state index contributed by atoms with van der Waals surface area (Å²) in [7, 11) is 1.71. The van der Waals surface area contributed by atoms with E-state index in [4.69, 9.17) is 5.73 Å². The van der Waals surface area contributed by atoms with Crippen molar-refractivity contribution in [1.82, 2.24) is 10.2 Å². The average Bonchev–Trinajstić information content (AvgIpc) is 2.24. The first kappa shape index (κ1) is 14.3. The van der Waals surface area contributed by atoms with Crippen LogP contribution >= 0.6 is 0 Å². The van der Waals surface area contributed by atoms with Crippen LogP contribution in [0.15, 0.2) is 4.99 Å². The zero-order valence-electron chi connectivity index (χ0n) is 12.0. The van der Waals surface area contributed by atoms with Crippen molar-refractivity contribution in [3.63, 3.8) is 0 Å². The van der Waals surface area contributed by atoms with Gasteiger partial charge < -0.3 is 11.1 Å². The van der Waals surface area contributed by atoms with Gasteiger partial charge in [0.25, 0.3) is 0 Å². The minimum Gasteiger partial charge on any atom is -0.370 e. The molecule has 0 bridgehead atoms. The van der Waals surface area contributed by atoms with Crippen molar-refractivity contribution in [2.45, 2.75) is 39.7 Å². The highest BCUT2D eigenvalue weighted by molar-refractivity contribution is 5.77. The Morgan fingerprint density at radius 1 is 1.35 bits per heavy atom. The molecule has 1 rings (SSSR count). The Labute approximate surface area is 106 Å². The van der Waals surface area contributed by atoms with E-state index in [1.54, 1.807) is 7.05 Å². The van der Waals surface area contributed by atoms with Crippen LogP contribution in [0.2, 0.25) is 0 Å². The Morgan fingerprint density at radius 2 is 1.88 bits per heavy atom. The van der Waals surface area contributed by atoms with E-state index < -0.39 is 0 Å². The van der Waals surface area contributed by atoms with Gasteiger partial charge in [-0.15, -0.1) is 0 Å². The van der Waals surface area contributed by atoms with E-state index in [0.717, 1.165) is 18.4 Å². The fourth-order valence-electron chi connectivity index (χ4n) is 2.65. The lowest BCUT2D eigenvalue weighted by molar-refractivity contribution is 0.0484. The molecule has 0 spiro atoms. The second-order valence-corrected chi connectivity index (χ2v) is 6.13. The second kappa shape index (κ2) is 5.71. The van der Waals surface area contributed by atoms with E-state index in [1.165, 1.54) is 19.5 Å². The molecule has 1 aliphatic heterocycles. The van der Waals surface area contributed by atoms with Crippen molar-refractivity contribution >= 4 is 5.96 Å². The van der Waals surface area contributed by atoms with E-state index in [-0.39, 0.29) is 5.54 Å². The monoisotopic (exact) mass is 240 g/mol. The molecule has 0 aromatic carbocycles. The lowest BCUT2D eigenvalue weighted by Gasteiger charge is -2.45. The molecule has 1 aliphatic rings. The molecule has 3 N–H and O–H groups in total. The summed E-state index contributed by atoms with van der Waals surface area (Å²) in [5.41, 5.74) is 5.81. The lowest BCUT2D eigenvalue weighted by Crippen LogP contribution is -2.56. The Kier molecular flexibility index (Phi) is 4.80. The Hall–Kier alpha value is -0.770. The van der Waals surface area contributed by atoms with Crippen LogP contribution in [-0.4, -0.2) is 43.1 Å². The molecular weight excluding hydrogens is 212 g/mol. The first-order chi connectivity index (χ1) is 7.85. The maximum absolute atomic E-state index is 5.68. The highest BCUT2D eigenvalue weighted by atomic mass is 15.2. The van der Waals surface area contributed by atoms with Gasteiger partial charge in [0, 0.05) is 32.2 Å². The predicted molar refractivity (Wildman–Crippen MR) is 74.1 cm³/mol. The number of aliphatic imine (C=N–C) groups is 1. The van der Waals surface area contributed by atoms with Crippen molar-refractivity contribution in [2.24, 2.45) is 22.6 Å². The molecule has 0 aromatic rings. The summed E-state index contributed by atoms with van der Waals surface area (Å²) in [5, 5.41) is 3.19. The average molecular weight is 240 g/mol. The molecule has 4 nitrogen and oxygen atoms in total. The van der Waals surface area contributed by atoms with Crippen LogP contribution in [0.25, 0.3) is 0 Å². The molecule has 0 aliphatic carbocycles. The van der Waals surface area contributed by atoms with Gasteiger partial charge in [0.05, 0.1) is 0 Å². The van der Waals surface area contributed by atoms with Crippen LogP contribution in [0.5, 0.6) is 0 Å².